The van der Waals surface area contributed by atoms with Crippen LogP contribution in [0.5, 0.6) is 11.5 Å². The minimum absolute atomic E-state index is 0. The zero-order chi connectivity index (χ0) is 20.6. The van der Waals surface area contributed by atoms with Gasteiger partial charge in [0.1, 0.15) is 11.5 Å². The maximum atomic E-state index is 12.1. The van der Waals surface area contributed by atoms with Gasteiger partial charge in [-0.05, 0) is 93.9 Å². The summed E-state index contributed by atoms with van der Waals surface area (Å²) in [6.45, 7) is 1.60. The standard InChI is InChI=1S/C23H34N2O4.H2P/c1-16(26)24-19-7-3-17(4-8-19)15-18-5-9-20(10-6-18)25-23(27)29-22-13-11-21(28-2)12-14-22;/h11-14,17-20H,3-10,15H2,1-2H3,(H,24,26)(H,25,27);1H2/q;-1. The number of nitrogens with one attached hydrogen (secondary N) is 2. The third-order valence-electron chi connectivity index (χ3n) is 6.36. The summed E-state index contributed by atoms with van der Waals surface area (Å²) in [5.74, 6) is 2.89. The summed E-state index contributed by atoms with van der Waals surface area (Å²) in [6.07, 6.45) is 9.93. The highest BCUT2D eigenvalue weighted by Crippen LogP contribution is 2.35. The number of carbonyl (C=O) groups is 2. The molecule has 2 saturated carbocycles. The van der Waals surface area contributed by atoms with Gasteiger partial charge in [-0.25, -0.2) is 4.79 Å². The zero-order valence-corrected chi connectivity index (χ0v) is 19.3. The molecule has 3 rings (SSSR count). The van der Waals surface area contributed by atoms with Crippen LogP contribution in [0.3, 0.4) is 0 Å². The molecule has 2 fully saturated rings. The first-order valence-electron chi connectivity index (χ1n) is 10.9. The smallest absolute Gasteiger partial charge is 0.412 e. The summed E-state index contributed by atoms with van der Waals surface area (Å²) in [7, 11) is 1.61. The van der Waals surface area contributed by atoms with Crippen molar-refractivity contribution in [1.82, 2.24) is 10.6 Å². The SMILES string of the molecule is COc1ccc(OC(=O)NC2CCC(CC3CCC(NC(C)=O)CC3)CC2)cc1.[PH2-]. The molecule has 2 N–H and O–H groups in total. The number of hydrogen-bond donors (Lipinski definition) is 2. The number of methoxy groups -OCH3 is 1. The molecule has 1 aromatic rings. The van der Waals surface area contributed by atoms with Crippen LogP contribution in [0.4, 0.5) is 4.79 Å². The Hall–Kier alpha value is -1.81. The van der Waals surface area contributed by atoms with Gasteiger partial charge in [-0.15, -0.1) is 0 Å². The van der Waals surface area contributed by atoms with E-state index < -0.39 is 0 Å². The molecule has 2 amide bonds. The number of ether oxygens (including phenoxy) is 2. The minimum Gasteiger partial charge on any atom is -0.577 e. The summed E-state index contributed by atoms with van der Waals surface area (Å²) in [4.78, 5) is 23.3. The van der Waals surface area contributed by atoms with E-state index in [-0.39, 0.29) is 27.9 Å². The van der Waals surface area contributed by atoms with Crippen LogP contribution < -0.4 is 20.1 Å². The number of carbonyl (C=O) groups excluding carboxylic acids is 2. The topological polar surface area (TPSA) is 76.7 Å². The van der Waals surface area contributed by atoms with Crippen molar-refractivity contribution in [2.24, 2.45) is 11.8 Å². The van der Waals surface area contributed by atoms with Crippen LogP contribution >= 0.6 is 9.90 Å². The van der Waals surface area contributed by atoms with Crippen LogP contribution in [0.1, 0.15) is 64.7 Å². The van der Waals surface area contributed by atoms with Gasteiger partial charge in [0.05, 0.1) is 7.11 Å². The van der Waals surface area contributed by atoms with Crippen LogP contribution in [0.25, 0.3) is 0 Å². The molecule has 2 aliphatic rings. The summed E-state index contributed by atoms with van der Waals surface area (Å²) < 4.78 is 10.5. The fourth-order valence-electron chi connectivity index (χ4n) is 4.79. The maximum absolute atomic E-state index is 12.1. The van der Waals surface area contributed by atoms with Crippen molar-refractivity contribution >= 4 is 21.9 Å². The van der Waals surface area contributed by atoms with Crippen molar-refractivity contribution in [2.75, 3.05) is 7.11 Å². The number of amides is 2. The minimum atomic E-state index is -0.380. The van der Waals surface area contributed by atoms with Crippen molar-refractivity contribution < 1.29 is 19.1 Å². The second kappa shape index (κ2) is 12.1. The normalized spacial score (nSPS) is 26.1. The molecule has 1 aromatic carbocycles. The number of rotatable bonds is 6. The molecule has 0 unspecified atom stereocenters. The third-order valence-corrected chi connectivity index (χ3v) is 6.36. The van der Waals surface area contributed by atoms with Crippen LogP contribution in [0.2, 0.25) is 0 Å². The Kier molecular flexibility index (Phi) is 9.90. The molecule has 0 heterocycles. The lowest BCUT2D eigenvalue weighted by atomic mass is 9.75. The average molecular weight is 436 g/mol. The molecule has 6 nitrogen and oxygen atoms in total. The van der Waals surface area contributed by atoms with E-state index in [2.05, 4.69) is 10.6 Å². The number of hydrogen-bond acceptors (Lipinski definition) is 4. The van der Waals surface area contributed by atoms with E-state index in [1.807, 2.05) is 0 Å². The maximum Gasteiger partial charge on any atom is 0.412 e. The second-order valence-electron chi connectivity index (χ2n) is 8.58. The molecule has 7 heteroatoms. The molecule has 0 radical (unpaired) electrons. The van der Waals surface area contributed by atoms with Gasteiger partial charge < -0.3 is 30.0 Å². The monoisotopic (exact) mass is 435 g/mol. The van der Waals surface area contributed by atoms with E-state index in [4.69, 9.17) is 9.47 Å². The van der Waals surface area contributed by atoms with Crippen molar-refractivity contribution in [3.8, 4) is 11.5 Å². The Labute approximate surface area is 183 Å². The predicted molar refractivity (Wildman–Crippen MR) is 122 cm³/mol. The molecule has 168 valence electrons. The molecular formula is C23H36N2O4P-. The lowest BCUT2D eigenvalue weighted by Crippen LogP contribution is -2.39. The summed E-state index contributed by atoms with van der Waals surface area (Å²) in [5.41, 5.74) is 0. The molecule has 0 atom stereocenters. The van der Waals surface area contributed by atoms with E-state index in [1.54, 1.807) is 38.3 Å². The van der Waals surface area contributed by atoms with Gasteiger partial charge in [-0.1, -0.05) is 0 Å². The van der Waals surface area contributed by atoms with E-state index in [1.165, 1.54) is 32.1 Å². The highest BCUT2D eigenvalue weighted by atomic mass is 31.0. The van der Waals surface area contributed by atoms with Crippen molar-refractivity contribution in [1.29, 1.82) is 0 Å². The first-order valence-corrected chi connectivity index (χ1v) is 10.9. The van der Waals surface area contributed by atoms with Crippen molar-refractivity contribution in [3.05, 3.63) is 24.3 Å². The quantitative estimate of drug-likeness (QED) is 0.632. The lowest BCUT2D eigenvalue weighted by Gasteiger charge is -2.34. The summed E-state index contributed by atoms with van der Waals surface area (Å²) in [6, 6.07) is 7.59. The highest BCUT2D eigenvalue weighted by molar-refractivity contribution is 6.92. The van der Waals surface area contributed by atoms with Gasteiger partial charge in [0, 0.05) is 19.0 Å². The third kappa shape index (κ3) is 7.79. The van der Waals surface area contributed by atoms with Gasteiger partial charge in [0.25, 0.3) is 0 Å². The summed E-state index contributed by atoms with van der Waals surface area (Å²) in [5, 5.41) is 6.07. The van der Waals surface area contributed by atoms with Gasteiger partial charge >= 0.3 is 6.09 Å². The van der Waals surface area contributed by atoms with E-state index in [0.717, 1.165) is 43.3 Å². The molecule has 0 aliphatic heterocycles. The van der Waals surface area contributed by atoms with Gasteiger partial charge in [0.2, 0.25) is 5.91 Å². The Morgan fingerprint density at radius 2 is 1.30 bits per heavy atom. The Balaban J connectivity index is 0.00000320. The molecule has 0 spiro atoms. The van der Waals surface area contributed by atoms with E-state index >= 15 is 0 Å². The predicted octanol–water partition coefficient (Wildman–Crippen LogP) is 4.75. The summed E-state index contributed by atoms with van der Waals surface area (Å²) >= 11 is 0. The average Bonchev–Trinajstić information content (AvgIpc) is 2.71. The van der Waals surface area contributed by atoms with E-state index in [9.17, 15) is 9.59 Å². The largest absolute Gasteiger partial charge is 0.577 e. The van der Waals surface area contributed by atoms with Crippen LogP contribution in [0.15, 0.2) is 24.3 Å². The van der Waals surface area contributed by atoms with Crippen LogP contribution in [0, 0.1) is 11.8 Å². The molecule has 0 bridgehead atoms. The second-order valence-corrected chi connectivity index (χ2v) is 8.58. The molecule has 30 heavy (non-hydrogen) atoms. The number of benzene rings is 1. The van der Waals surface area contributed by atoms with Crippen molar-refractivity contribution in [2.45, 2.75) is 76.8 Å². The van der Waals surface area contributed by atoms with Crippen LogP contribution in [-0.4, -0.2) is 31.2 Å². The van der Waals surface area contributed by atoms with Crippen molar-refractivity contribution in [3.63, 3.8) is 0 Å². The first kappa shape index (κ1) is 24.5. The van der Waals surface area contributed by atoms with Crippen LogP contribution in [-0.2, 0) is 4.79 Å². The van der Waals surface area contributed by atoms with Gasteiger partial charge in [-0.3, -0.25) is 4.79 Å². The van der Waals surface area contributed by atoms with Gasteiger partial charge in [-0.2, -0.15) is 0 Å². The Morgan fingerprint density at radius 3 is 1.77 bits per heavy atom. The first-order chi connectivity index (χ1) is 14.0. The fraction of sp³-hybridized carbons (Fsp3) is 0.652. The highest BCUT2D eigenvalue weighted by Gasteiger charge is 2.28. The lowest BCUT2D eigenvalue weighted by molar-refractivity contribution is -0.119. The molecular weight excluding hydrogens is 399 g/mol. The fourth-order valence-corrected chi connectivity index (χ4v) is 4.79. The Bertz CT molecular complexity index is 666. The molecule has 0 aromatic heterocycles. The zero-order valence-electron chi connectivity index (χ0n) is 18.2. The van der Waals surface area contributed by atoms with E-state index in [0.29, 0.717) is 11.8 Å². The Morgan fingerprint density at radius 1 is 0.833 bits per heavy atom. The molecule has 0 saturated heterocycles. The molecule has 2 aliphatic carbocycles. The van der Waals surface area contributed by atoms with Gasteiger partial charge in [0.15, 0.2) is 0 Å².